The van der Waals surface area contributed by atoms with Gasteiger partial charge in [-0.15, -0.1) is 12.3 Å². The normalized spacial score (nSPS) is 9.40. The highest BCUT2D eigenvalue weighted by atomic mass is 16.5. The molecule has 0 unspecified atom stereocenters. The van der Waals surface area contributed by atoms with Crippen LogP contribution in [0.4, 0.5) is 5.69 Å². The van der Waals surface area contributed by atoms with Crippen LogP contribution >= 0.6 is 0 Å². The molecule has 15 heavy (non-hydrogen) atoms. The van der Waals surface area contributed by atoms with Gasteiger partial charge in [0.15, 0.2) is 0 Å². The highest BCUT2D eigenvalue weighted by Gasteiger charge is 1.98. The summed E-state index contributed by atoms with van der Waals surface area (Å²) in [5.74, 6) is 3.52. The second-order valence-corrected chi connectivity index (χ2v) is 3.42. The third-order valence-corrected chi connectivity index (χ3v) is 2.25. The van der Waals surface area contributed by atoms with Crippen LogP contribution in [0.2, 0.25) is 0 Å². The van der Waals surface area contributed by atoms with E-state index in [2.05, 4.69) is 18.2 Å². The summed E-state index contributed by atoms with van der Waals surface area (Å²) in [5.41, 5.74) is 2.34. The second-order valence-electron chi connectivity index (χ2n) is 3.42. The van der Waals surface area contributed by atoms with E-state index in [9.17, 15) is 0 Å². The summed E-state index contributed by atoms with van der Waals surface area (Å²) in [5, 5.41) is 3.35. The zero-order valence-electron chi connectivity index (χ0n) is 9.34. The van der Waals surface area contributed by atoms with Crippen LogP contribution in [0, 0.1) is 19.3 Å². The van der Waals surface area contributed by atoms with Crippen LogP contribution < -0.4 is 10.1 Å². The molecule has 0 amide bonds. The SMILES string of the molecule is C#CCCCNc1ccc(OC)cc1C. The lowest BCUT2D eigenvalue weighted by Crippen LogP contribution is -2.02. The Balaban J connectivity index is 2.51. The lowest BCUT2D eigenvalue weighted by Gasteiger charge is -2.10. The summed E-state index contributed by atoms with van der Waals surface area (Å²) in [6.07, 6.45) is 7.01. The first-order valence-electron chi connectivity index (χ1n) is 5.10. The van der Waals surface area contributed by atoms with E-state index in [0.717, 1.165) is 30.8 Å². The molecule has 1 aromatic rings. The predicted molar refractivity (Wildman–Crippen MR) is 64.3 cm³/mol. The number of benzene rings is 1. The maximum atomic E-state index is 5.18. The fourth-order valence-electron chi connectivity index (χ4n) is 1.37. The number of terminal acetylenes is 1. The molecule has 0 spiro atoms. The molecule has 0 aromatic heterocycles. The van der Waals surface area contributed by atoms with E-state index in [0.29, 0.717) is 0 Å². The van der Waals surface area contributed by atoms with E-state index < -0.39 is 0 Å². The van der Waals surface area contributed by atoms with Gasteiger partial charge in [-0.3, -0.25) is 0 Å². The molecular formula is C13H17NO. The molecule has 0 radical (unpaired) electrons. The van der Waals surface area contributed by atoms with Gasteiger partial charge in [0.25, 0.3) is 0 Å². The summed E-state index contributed by atoms with van der Waals surface area (Å²) in [6.45, 7) is 2.98. The summed E-state index contributed by atoms with van der Waals surface area (Å²) in [6, 6.07) is 6.00. The highest BCUT2D eigenvalue weighted by Crippen LogP contribution is 2.20. The van der Waals surface area contributed by atoms with Crippen LogP contribution in [0.15, 0.2) is 18.2 Å². The van der Waals surface area contributed by atoms with E-state index in [4.69, 9.17) is 11.2 Å². The Kier molecular flexibility index (Phi) is 4.56. The first-order valence-corrected chi connectivity index (χ1v) is 5.10. The fourth-order valence-corrected chi connectivity index (χ4v) is 1.37. The Morgan fingerprint density at radius 2 is 2.27 bits per heavy atom. The average Bonchev–Trinajstić information content (AvgIpc) is 2.26. The van der Waals surface area contributed by atoms with Gasteiger partial charge < -0.3 is 10.1 Å². The zero-order chi connectivity index (χ0) is 11.1. The zero-order valence-corrected chi connectivity index (χ0v) is 9.34. The number of ether oxygens (including phenoxy) is 1. The Morgan fingerprint density at radius 1 is 1.47 bits per heavy atom. The molecule has 1 rings (SSSR count). The lowest BCUT2D eigenvalue weighted by atomic mass is 10.2. The van der Waals surface area contributed by atoms with Gasteiger partial charge in [0.05, 0.1) is 7.11 Å². The van der Waals surface area contributed by atoms with Crippen molar-refractivity contribution in [2.45, 2.75) is 19.8 Å². The predicted octanol–water partition coefficient (Wildman–Crippen LogP) is 2.83. The summed E-state index contributed by atoms with van der Waals surface area (Å²) < 4.78 is 5.14. The maximum absolute atomic E-state index is 5.18. The molecule has 0 saturated heterocycles. The summed E-state index contributed by atoms with van der Waals surface area (Å²) >= 11 is 0. The molecule has 0 aliphatic carbocycles. The van der Waals surface area contributed by atoms with Gasteiger partial charge >= 0.3 is 0 Å². The number of rotatable bonds is 5. The van der Waals surface area contributed by atoms with Crippen LogP contribution in [0.1, 0.15) is 18.4 Å². The molecule has 0 heterocycles. The van der Waals surface area contributed by atoms with Crippen LogP contribution in [0.3, 0.4) is 0 Å². The van der Waals surface area contributed by atoms with Crippen molar-refractivity contribution in [3.63, 3.8) is 0 Å². The smallest absolute Gasteiger partial charge is 0.119 e. The highest BCUT2D eigenvalue weighted by molar-refractivity contribution is 5.53. The molecule has 2 nitrogen and oxygen atoms in total. The van der Waals surface area contributed by atoms with Crippen LogP contribution in [0.5, 0.6) is 5.75 Å². The second kappa shape index (κ2) is 5.98. The van der Waals surface area contributed by atoms with Gasteiger partial charge in [0.2, 0.25) is 0 Å². The summed E-state index contributed by atoms with van der Waals surface area (Å²) in [4.78, 5) is 0. The molecule has 80 valence electrons. The van der Waals surface area contributed by atoms with Crippen molar-refractivity contribution in [1.29, 1.82) is 0 Å². The molecule has 0 saturated carbocycles. The van der Waals surface area contributed by atoms with Gasteiger partial charge in [-0.25, -0.2) is 0 Å². The number of nitrogens with one attached hydrogen (secondary N) is 1. The van der Waals surface area contributed by atoms with Crippen LogP contribution in [0.25, 0.3) is 0 Å². The number of unbranched alkanes of at least 4 members (excludes halogenated alkanes) is 1. The van der Waals surface area contributed by atoms with Crippen molar-refractivity contribution < 1.29 is 4.74 Å². The first-order chi connectivity index (χ1) is 7.27. The van der Waals surface area contributed by atoms with Crippen molar-refractivity contribution in [2.24, 2.45) is 0 Å². The van der Waals surface area contributed by atoms with E-state index >= 15 is 0 Å². The molecule has 0 bridgehead atoms. The Labute approximate surface area is 91.6 Å². The van der Waals surface area contributed by atoms with Crippen molar-refractivity contribution in [2.75, 3.05) is 19.0 Å². The molecule has 0 fully saturated rings. The maximum Gasteiger partial charge on any atom is 0.119 e. The van der Waals surface area contributed by atoms with Crippen molar-refractivity contribution in [3.05, 3.63) is 23.8 Å². The molecular weight excluding hydrogens is 186 g/mol. The molecule has 0 aliphatic rings. The van der Waals surface area contributed by atoms with Crippen LogP contribution in [-0.2, 0) is 0 Å². The van der Waals surface area contributed by atoms with Gasteiger partial charge in [-0.05, 0) is 37.1 Å². The lowest BCUT2D eigenvalue weighted by molar-refractivity contribution is 0.414. The van der Waals surface area contributed by atoms with Gasteiger partial charge in [-0.1, -0.05) is 0 Å². The standard InChI is InChI=1S/C13H17NO/c1-4-5-6-9-14-13-8-7-12(15-3)10-11(13)2/h1,7-8,10,14H,5-6,9H2,2-3H3. The number of aryl methyl sites for hydroxylation is 1. The topological polar surface area (TPSA) is 21.3 Å². The molecule has 2 heteroatoms. The monoisotopic (exact) mass is 203 g/mol. The van der Waals surface area contributed by atoms with Gasteiger partial charge in [0.1, 0.15) is 5.75 Å². The minimum absolute atomic E-state index is 0.822. The number of methoxy groups -OCH3 is 1. The third-order valence-electron chi connectivity index (χ3n) is 2.25. The van der Waals surface area contributed by atoms with E-state index in [-0.39, 0.29) is 0 Å². The average molecular weight is 203 g/mol. The first kappa shape index (κ1) is 11.5. The Bertz CT molecular complexity index is 352. The fraction of sp³-hybridized carbons (Fsp3) is 0.385. The van der Waals surface area contributed by atoms with Crippen molar-refractivity contribution in [1.82, 2.24) is 0 Å². The van der Waals surface area contributed by atoms with Gasteiger partial charge in [-0.2, -0.15) is 0 Å². The quantitative estimate of drug-likeness (QED) is 0.587. The third kappa shape index (κ3) is 3.55. The minimum atomic E-state index is 0.822. The summed E-state index contributed by atoms with van der Waals surface area (Å²) in [7, 11) is 1.68. The largest absolute Gasteiger partial charge is 0.497 e. The van der Waals surface area contributed by atoms with Crippen molar-refractivity contribution >= 4 is 5.69 Å². The number of anilines is 1. The molecule has 0 atom stereocenters. The van der Waals surface area contributed by atoms with Crippen molar-refractivity contribution in [3.8, 4) is 18.1 Å². The van der Waals surface area contributed by atoms with Crippen LogP contribution in [-0.4, -0.2) is 13.7 Å². The van der Waals surface area contributed by atoms with E-state index in [1.165, 1.54) is 5.56 Å². The minimum Gasteiger partial charge on any atom is -0.497 e. The number of hydrogen-bond donors (Lipinski definition) is 1. The molecule has 1 aromatic carbocycles. The number of hydrogen-bond acceptors (Lipinski definition) is 2. The van der Waals surface area contributed by atoms with E-state index in [1.807, 2.05) is 18.2 Å². The molecule has 0 aliphatic heterocycles. The Morgan fingerprint density at radius 3 is 2.87 bits per heavy atom. The van der Waals surface area contributed by atoms with E-state index in [1.54, 1.807) is 7.11 Å². The Hall–Kier alpha value is -1.62. The van der Waals surface area contributed by atoms with Gasteiger partial charge in [0, 0.05) is 18.7 Å². The molecule has 1 N–H and O–H groups in total.